The Morgan fingerprint density at radius 2 is 1.38 bits per heavy atom. The molecule has 0 bridgehead atoms. The zero-order chi connectivity index (χ0) is 36.5. The fourth-order valence-corrected chi connectivity index (χ4v) is 10.3. The summed E-state index contributed by atoms with van der Waals surface area (Å²) in [5.41, 5.74) is 1.39. The summed E-state index contributed by atoms with van der Waals surface area (Å²) in [5, 5.41) is 0.741. The maximum Gasteiger partial charge on any atom is 0.210 e. The van der Waals surface area contributed by atoms with Crippen LogP contribution in [-0.2, 0) is 21.0 Å². The predicted molar refractivity (Wildman–Crippen MR) is 213 cm³/mol. The smallest absolute Gasteiger partial charge is 0.210 e. The number of likely N-dealkylation sites (N-methyl/N-ethyl adjacent to an activating group) is 1. The maximum absolute atomic E-state index is 14.4. The van der Waals surface area contributed by atoms with Crippen molar-refractivity contribution >= 4 is 37.6 Å². The molecule has 4 heterocycles. The van der Waals surface area contributed by atoms with Gasteiger partial charge in [0.1, 0.15) is 16.9 Å². The molecule has 6 rings (SSSR count). The lowest BCUT2D eigenvalue weighted by Gasteiger charge is -2.46. The third-order valence-electron chi connectivity index (χ3n) is 11.6. The Kier molecular flexibility index (Phi) is 14.2. The molecule has 0 aliphatic carbocycles. The Morgan fingerprint density at radius 1 is 0.788 bits per heavy atom. The third-order valence-corrected chi connectivity index (χ3v) is 14.3. The minimum Gasteiger partial charge on any atom is -0.612 e. The molecule has 0 saturated carbocycles. The first-order valence-corrected chi connectivity index (χ1v) is 22.9. The molecule has 3 fully saturated rings. The Hall–Kier alpha value is -2.41. The molecular weight excluding hydrogens is 691 g/mol. The van der Waals surface area contributed by atoms with Gasteiger partial charge in [-0.15, -0.1) is 0 Å². The molecule has 0 radical (unpaired) electrons. The molecule has 0 spiro atoms. The Balaban J connectivity index is 1.13. The van der Waals surface area contributed by atoms with E-state index in [2.05, 4.69) is 38.6 Å². The number of likely N-dealkylation sites (tertiary alicyclic amines) is 1. The molecule has 3 aliphatic rings. The number of piperazine rings is 1. The number of aromatic nitrogens is 1. The molecule has 0 amide bonds. The van der Waals surface area contributed by atoms with Crippen LogP contribution < -0.4 is 9.64 Å². The summed E-state index contributed by atoms with van der Waals surface area (Å²) in [4.78, 5) is 15.8. The molecule has 3 aromatic rings. The SMILES string of the molecule is CCCCCCCCCCOc1ccc(S(=O)(=O)c2cnc3ccc([S+](C)[O-])cc3c2N2CCC(N3CCC(N4CCN(C)CC4)CC3)CC2)cc1. The van der Waals surface area contributed by atoms with Crippen molar-refractivity contribution in [2.45, 2.75) is 111 Å². The summed E-state index contributed by atoms with van der Waals surface area (Å²) in [6, 6.07) is 13.6. The summed E-state index contributed by atoms with van der Waals surface area (Å²) < 4.78 is 47.4. The fourth-order valence-electron chi connectivity index (χ4n) is 8.37. The number of pyridine rings is 1. The minimum absolute atomic E-state index is 0.207. The number of ether oxygens (including phenoxy) is 1. The van der Waals surface area contributed by atoms with Gasteiger partial charge in [0.15, 0.2) is 4.90 Å². The van der Waals surface area contributed by atoms with E-state index in [9.17, 15) is 13.0 Å². The largest absolute Gasteiger partial charge is 0.612 e. The molecule has 9 nitrogen and oxygen atoms in total. The van der Waals surface area contributed by atoms with E-state index in [4.69, 9.17) is 4.74 Å². The number of rotatable bonds is 16. The van der Waals surface area contributed by atoms with Gasteiger partial charge in [0, 0.05) is 69.0 Å². The second kappa shape index (κ2) is 18.8. The van der Waals surface area contributed by atoms with Gasteiger partial charge in [0.25, 0.3) is 0 Å². The highest BCUT2D eigenvalue weighted by Gasteiger charge is 2.34. The predicted octanol–water partition coefficient (Wildman–Crippen LogP) is 7.01. The van der Waals surface area contributed by atoms with E-state index in [1.165, 1.54) is 70.7 Å². The highest BCUT2D eigenvalue weighted by atomic mass is 32.2. The number of sulfone groups is 1. The minimum atomic E-state index is -3.91. The van der Waals surface area contributed by atoms with Gasteiger partial charge in [-0.05, 0) is 99.8 Å². The van der Waals surface area contributed by atoms with Gasteiger partial charge in [-0.2, -0.15) is 0 Å². The van der Waals surface area contributed by atoms with Crippen molar-refractivity contribution in [3.63, 3.8) is 0 Å². The summed E-state index contributed by atoms with van der Waals surface area (Å²) in [6.45, 7) is 11.3. The van der Waals surface area contributed by atoms with Gasteiger partial charge in [0.05, 0.1) is 22.7 Å². The molecule has 0 N–H and O–H groups in total. The Morgan fingerprint density at radius 3 is 2.02 bits per heavy atom. The lowest BCUT2D eigenvalue weighted by Crippen LogP contribution is -2.54. The fraction of sp³-hybridized carbons (Fsp3) is 0.634. The Labute approximate surface area is 316 Å². The van der Waals surface area contributed by atoms with Gasteiger partial charge in [-0.1, -0.05) is 51.9 Å². The number of fused-ring (bicyclic) bond motifs is 1. The van der Waals surface area contributed by atoms with E-state index < -0.39 is 21.0 Å². The topological polar surface area (TPSA) is 92.3 Å². The van der Waals surface area contributed by atoms with Crippen LogP contribution in [0.25, 0.3) is 10.9 Å². The standard InChI is InChI=1S/C41H61N5O4S2/c1-4-5-6-7-8-9-10-11-30-50-35-12-15-37(16-13-35)52(48,49)40-32-42-39-17-14-36(51(3)47)31-38(39)41(40)46-24-20-33(21-25-46)44-22-18-34(19-23-44)45-28-26-43(2)27-29-45/h12-17,31-34H,4-11,18-30H2,1-3H3. The first kappa shape index (κ1) is 39.3. The highest BCUT2D eigenvalue weighted by molar-refractivity contribution is 7.91. The molecule has 1 atom stereocenters. The molecule has 286 valence electrons. The van der Waals surface area contributed by atoms with E-state index in [0.29, 0.717) is 40.5 Å². The van der Waals surface area contributed by atoms with Crippen LogP contribution >= 0.6 is 0 Å². The highest BCUT2D eigenvalue weighted by Crippen LogP contribution is 2.39. The quantitative estimate of drug-likeness (QED) is 0.113. The van der Waals surface area contributed by atoms with Crippen molar-refractivity contribution in [3.05, 3.63) is 48.7 Å². The van der Waals surface area contributed by atoms with Crippen LogP contribution in [0.1, 0.15) is 84.0 Å². The first-order chi connectivity index (χ1) is 25.2. The molecule has 11 heteroatoms. The van der Waals surface area contributed by atoms with Crippen LogP contribution in [0.2, 0.25) is 0 Å². The van der Waals surface area contributed by atoms with Crippen molar-refractivity contribution in [3.8, 4) is 5.75 Å². The molecule has 3 aliphatic heterocycles. The monoisotopic (exact) mass is 751 g/mol. The van der Waals surface area contributed by atoms with Gasteiger partial charge in [-0.25, -0.2) is 8.42 Å². The second-order valence-corrected chi connectivity index (χ2v) is 18.5. The van der Waals surface area contributed by atoms with Crippen molar-refractivity contribution < 1.29 is 17.7 Å². The van der Waals surface area contributed by atoms with Gasteiger partial charge >= 0.3 is 0 Å². The van der Waals surface area contributed by atoms with Crippen LogP contribution in [0.4, 0.5) is 5.69 Å². The third kappa shape index (κ3) is 9.82. The number of piperidine rings is 2. The van der Waals surface area contributed by atoms with Gasteiger partial charge in [0.2, 0.25) is 9.84 Å². The van der Waals surface area contributed by atoms with E-state index in [1.54, 1.807) is 30.5 Å². The number of hydrogen-bond acceptors (Lipinski definition) is 9. The van der Waals surface area contributed by atoms with Crippen LogP contribution in [0, 0.1) is 0 Å². The zero-order valence-corrected chi connectivity index (χ0v) is 33.4. The summed E-state index contributed by atoms with van der Waals surface area (Å²) >= 11 is -1.21. The van der Waals surface area contributed by atoms with E-state index in [0.717, 1.165) is 70.3 Å². The van der Waals surface area contributed by atoms with Crippen LogP contribution in [-0.4, -0.2) is 117 Å². The zero-order valence-electron chi connectivity index (χ0n) is 31.8. The normalized spacial score (nSPS) is 19.7. The number of anilines is 1. The summed E-state index contributed by atoms with van der Waals surface area (Å²) in [5.74, 6) is 0.684. The number of unbranched alkanes of at least 4 members (excludes halogenated alkanes) is 7. The first-order valence-electron chi connectivity index (χ1n) is 19.9. The van der Waals surface area contributed by atoms with Crippen LogP contribution in [0.15, 0.2) is 63.3 Å². The summed E-state index contributed by atoms with van der Waals surface area (Å²) in [7, 11) is -1.69. The lowest BCUT2D eigenvalue weighted by atomic mass is 9.96. The number of nitrogens with zero attached hydrogens (tertiary/aromatic N) is 5. The Bertz CT molecular complexity index is 1660. The molecule has 2 aromatic carbocycles. The number of hydrogen-bond donors (Lipinski definition) is 0. The van der Waals surface area contributed by atoms with Crippen LogP contribution in [0.5, 0.6) is 5.75 Å². The second-order valence-electron chi connectivity index (χ2n) is 15.2. The average molecular weight is 752 g/mol. The summed E-state index contributed by atoms with van der Waals surface area (Å²) in [6.07, 6.45) is 17.5. The van der Waals surface area contributed by atoms with Crippen molar-refractivity contribution in [2.24, 2.45) is 0 Å². The van der Waals surface area contributed by atoms with Gasteiger partial charge in [-0.3, -0.25) is 9.88 Å². The number of benzene rings is 2. The van der Waals surface area contributed by atoms with Crippen molar-refractivity contribution in [1.82, 2.24) is 19.7 Å². The van der Waals surface area contributed by atoms with E-state index in [-0.39, 0.29) is 9.79 Å². The van der Waals surface area contributed by atoms with Crippen molar-refractivity contribution in [2.75, 3.05) is 77.2 Å². The molecule has 1 unspecified atom stereocenters. The molecule has 3 saturated heterocycles. The lowest BCUT2D eigenvalue weighted by molar-refractivity contribution is 0.0495. The molecular formula is C41H61N5O4S2. The maximum atomic E-state index is 14.4. The van der Waals surface area contributed by atoms with E-state index >= 15 is 0 Å². The van der Waals surface area contributed by atoms with Crippen molar-refractivity contribution in [1.29, 1.82) is 0 Å². The molecule has 52 heavy (non-hydrogen) atoms. The average Bonchev–Trinajstić information content (AvgIpc) is 3.17. The van der Waals surface area contributed by atoms with E-state index in [1.807, 2.05) is 18.2 Å². The molecule has 1 aromatic heterocycles. The van der Waals surface area contributed by atoms with Gasteiger partial charge < -0.3 is 24.0 Å². The van der Waals surface area contributed by atoms with Crippen LogP contribution in [0.3, 0.4) is 0 Å².